The molecule has 3 aromatic rings. The summed E-state index contributed by atoms with van der Waals surface area (Å²) in [6.07, 6.45) is 2.80. The molecule has 0 atom stereocenters. The van der Waals surface area contributed by atoms with Crippen LogP contribution in [0.2, 0.25) is 5.22 Å². The van der Waals surface area contributed by atoms with Crippen molar-refractivity contribution in [2.75, 3.05) is 5.73 Å². The number of nitrogens with zero attached hydrogens (tertiary/aromatic N) is 1. The van der Waals surface area contributed by atoms with Gasteiger partial charge >= 0.3 is 0 Å². The van der Waals surface area contributed by atoms with E-state index in [0.717, 1.165) is 41.5 Å². The summed E-state index contributed by atoms with van der Waals surface area (Å²) in [7, 11) is 0. The number of pyridine rings is 1. The molecule has 7 heteroatoms. The number of rotatable bonds is 2. The SMILES string of the molecule is CC1(C)CCc2nc3sc(C(N)=O)c(N)c3c(-c3ccc(Cl)o3)c2C1. The normalized spacial score (nSPS) is 16.1. The smallest absolute Gasteiger partial charge is 0.260 e. The van der Waals surface area contributed by atoms with Crippen molar-refractivity contribution in [2.24, 2.45) is 11.1 Å². The number of nitrogen functional groups attached to an aromatic ring is 1. The van der Waals surface area contributed by atoms with Gasteiger partial charge in [0.1, 0.15) is 15.5 Å². The van der Waals surface area contributed by atoms with Gasteiger partial charge in [-0.05, 0) is 54.0 Å². The number of hydrogen-bond donors (Lipinski definition) is 2. The highest BCUT2D eigenvalue weighted by molar-refractivity contribution is 7.21. The van der Waals surface area contributed by atoms with Gasteiger partial charge in [0.2, 0.25) is 0 Å². The molecule has 0 unspecified atom stereocenters. The molecule has 1 aliphatic carbocycles. The number of aromatic nitrogens is 1. The van der Waals surface area contributed by atoms with E-state index in [2.05, 4.69) is 13.8 Å². The molecule has 4 N–H and O–H groups in total. The number of halogens is 1. The van der Waals surface area contributed by atoms with E-state index in [9.17, 15) is 4.79 Å². The van der Waals surface area contributed by atoms with Crippen molar-refractivity contribution >= 4 is 44.7 Å². The van der Waals surface area contributed by atoms with Crippen LogP contribution in [0.25, 0.3) is 21.5 Å². The molecule has 1 aliphatic rings. The Labute approximate surface area is 154 Å². The first-order valence-electron chi connectivity index (χ1n) is 8.06. The largest absolute Gasteiger partial charge is 0.445 e. The maximum atomic E-state index is 11.7. The summed E-state index contributed by atoms with van der Waals surface area (Å²) in [6, 6.07) is 3.54. The van der Waals surface area contributed by atoms with Crippen molar-refractivity contribution in [2.45, 2.75) is 33.1 Å². The first kappa shape index (κ1) is 16.4. The molecule has 4 rings (SSSR count). The molecule has 3 aromatic heterocycles. The minimum Gasteiger partial charge on any atom is -0.445 e. The van der Waals surface area contributed by atoms with Crippen molar-refractivity contribution in [3.05, 3.63) is 33.5 Å². The average Bonchev–Trinajstić information content (AvgIpc) is 3.09. The lowest BCUT2D eigenvalue weighted by atomic mass is 9.74. The lowest BCUT2D eigenvalue weighted by Gasteiger charge is -2.32. The minimum absolute atomic E-state index is 0.158. The number of carbonyl (C=O) groups is 1. The van der Waals surface area contributed by atoms with Gasteiger partial charge in [-0.2, -0.15) is 0 Å². The third-order valence-corrected chi connectivity index (χ3v) is 6.12. The zero-order chi connectivity index (χ0) is 17.9. The Kier molecular flexibility index (Phi) is 3.60. The Morgan fingerprint density at radius 2 is 2.16 bits per heavy atom. The lowest BCUT2D eigenvalue weighted by Crippen LogP contribution is -2.23. The van der Waals surface area contributed by atoms with Gasteiger partial charge in [-0.25, -0.2) is 4.98 Å². The second-order valence-corrected chi connectivity index (χ2v) is 8.62. The van der Waals surface area contributed by atoms with E-state index in [1.807, 2.05) is 6.07 Å². The molecule has 5 nitrogen and oxygen atoms in total. The Bertz CT molecular complexity index is 1020. The topological polar surface area (TPSA) is 95.1 Å². The first-order chi connectivity index (χ1) is 11.8. The van der Waals surface area contributed by atoms with E-state index in [4.69, 9.17) is 32.5 Å². The second kappa shape index (κ2) is 5.47. The fourth-order valence-corrected chi connectivity index (χ4v) is 4.68. The molecule has 0 spiro atoms. The van der Waals surface area contributed by atoms with E-state index in [-0.39, 0.29) is 5.41 Å². The zero-order valence-electron chi connectivity index (χ0n) is 14.0. The van der Waals surface area contributed by atoms with Crippen molar-refractivity contribution in [1.82, 2.24) is 4.98 Å². The highest BCUT2D eigenvalue weighted by atomic mass is 35.5. The number of anilines is 1. The van der Waals surface area contributed by atoms with E-state index in [0.29, 0.717) is 26.4 Å². The van der Waals surface area contributed by atoms with Crippen molar-refractivity contribution in [3.63, 3.8) is 0 Å². The number of nitrogens with two attached hydrogens (primary N) is 2. The molecule has 0 bridgehead atoms. The van der Waals surface area contributed by atoms with Crippen LogP contribution in [-0.2, 0) is 12.8 Å². The predicted octanol–water partition coefficient (Wildman–Crippen LogP) is 4.41. The van der Waals surface area contributed by atoms with E-state index in [1.54, 1.807) is 6.07 Å². The van der Waals surface area contributed by atoms with Crippen LogP contribution in [0.4, 0.5) is 5.69 Å². The van der Waals surface area contributed by atoms with Gasteiger partial charge in [0.05, 0.1) is 5.69 Å². The summed E-state index contributed by atoms with van der Waals surface area (Å²) in [5.41, 5.74) is 15.3. The summed E-state index contributed by atoms with van der Waals surface area (Å²) in [4.78, 5) is 17.6. The van der Waals surface area contributed by atoms with Gasteiger partial charge in [0.15, 0.2) is 5.22 Å². The molecular formula is C18H18ClN3O2S. The number of hydrogen-bond acceptors (Lipinski definition) is 5. The second-order valence-electron chi connectivity index (χ2n) is 7.25. The molecule has 0 fully saturated rings. The van der Waals surface area contributed by atoms with Gasteiger partial charge in [0, 0.05) is 16.6 Å². The van der Waals surface area contributed by atoms with Gasteiger partial charge in [-0.3, -0.25) is 4.79 Å². The third-order valence-electron chi connectivity index (χ3n) is 4.80. The molecule has 130 valence electrons. The minimum atomic E-state index is -0.540. The third kappa shape index (κ3) is 2.60. The van der Waals surface area contributed by atoms with Crippen LogP contribution in [0.3, 0.4) is 0 Å². The quantitative estimate of drug-likeness (QED) is 0.693. The number of furan rings is 1. The summed E-state index contributed by atoms with van der Waals surface area (Å²) in [6.45, 7) is 4.48. The molecule has 0 radical (unpaired) electrons. The fourth-order valence-electron chi connectivity index (χ4n) is 3.56. The molecule has 0 aliphatic heterocycles. The molecule has 0 saturated heterocycles. The van der Waals surface area contributed by atoms with Crippen LogP contribution in [0.15, 0.2) is 16.5 Å². The highest BCUT2D eigenvalue weighted by Crippen LogP contribution is 2.46. The van der Waals surface area contributed by atoms with Crippen LogP contribution in [0.1, 0.15) is 41.2 Å². The maximum Gasteiger partial charge on any atom is 0.260 e. The summed E-state index contributed by atoms with van der Waals surface area (Å²) in [5.74, 6) is 0.106. The van der Waals surface area contributed by atoms with Gasteiger partial charge in [-0.15, -0.1) is 11.3 Å². The number of aryl methyl sites for hydroxylation is 1. The van der Waals surface area contributed by atoms with Gasteiger partial charge in [0.25, 0.3) is 5.91 Å². The predicted molar refractivity (Wildman–Crippen MR) is 101 cm³/mol. The van der Waals surface area contributed by atoms with Crippen LogP contribution in [0, 0.1) is 5.41 Å². The number of amides is 1. The lowest BCUT2D eigenvalue weighted by molar-refractivity contribution is 0.100. The van der Waals surface area contributed by atoms with E-state index >= 15 is 0 Å². The maximum absolute atomic E-state index is 11.7. The Morgan fingerprint density at radius 1 is 1.40 bits per heavy atom. The van der Waals surface area contributed by atoms with Gasteiger partial charge < -0.3 is 15.9 Å². The van der Waals surface area contributed by atoms with E-state index in [1.165, 1.54) is 11.3 Å². The van der Waals surface area contributed by atoms with Gasteiger partial charge in [-0.1, -0.05) is 13.8 Å². The summed E-state index contributed by atoms with van der Waals surface area (Å²) < 4.78 is 5.71. The first-order valence-corrected chi connectivity index (χ1v) is 9.25. The number of carbonyl (C=O) groups excluding carboxylic acids is 1. The average molecular weight is 376 g/mol. The molecule has 3 heterocycles. The Balaban J connectivity index is 2.11. The molecular weight excluding hydrogens is 358 g/mol. The molecule has 1 amide bonds. The van der Waals surface area contributed by atoms with E-state index < -0.39 is 5.91 Å². The summed E-state index contributed by atoms with van der Waals surface area (Å²) in [5, 5.41) is 1.05. The molecule has 0 aromatic carbocycles. The number of thiophene rings is 1. The molecule has 25 heavy (non-hydrogen) atoms. The van der Waals surface area contributed by atoms with Crippen molar-refractivity contribution in [1.29, 1.82) is 0 Å². The Hall–Kier alpha value is -2.05. The van der Waals surface area contributed by atoms with Crippen LogP contribution in [0.5, 0.6) is 0 Å². The molecule has 0 saturated carbocycles. The van der Waals surface area contributed by atoms with Crippen molar-refractivity contribution in [3.8, 4) is 11.3 Å². The van der Waals surface area contributed by atoms with Crippen molar-refractivity contribution < 1.29 is 9.21 Å². The monoisotopic (exact) mass is 375 g/mol. The summed E-state index contributed by atoms with van der Waals surface area (Å²) >= 11 is 7.25. The van der Waals surface area contributed by atoms with Crippen LogP contribution in [-0.4, -0.2) is 10.9 Å². The fraction of sp³-hybridized carbons (Fsp3) is 0.333. The Morgan fingerprint density at radius 3 is 2.80 bits per heavy atom. The number of primary amides is 1. The zero-order valence-corrected chi connectivity index (χ0v) is 15.6. The van der Waals surface area contributed by atoms with Crippen LogP contribution >= 0.6 is 22.9 Å². The standard InChI is InChI=1S/C18H18ClN3O2S/c1-18(2)6-5-9-8(7-18)12(10-3-4-11(19)24-10)13-14(20)15(16(21)23)25-17(13)22-9/h3-4H,5-7,20H2,1-2H3,(H2,21,23). The van der Waals surface area contributed by atoms with Crippen LogP contribution < -0.4 is 11.5 Å². The highest BCUT2D eigenvalue weighted by Gasteiger charge is 2.32. The number of fused-ring (bicyclic) bond motifs is 2.